The van der Waals surface area contributed by atoms with Crippen LogP contribution in [0.3, 0.4) is 0 Å². The highest BCUT2D eigenvalue weighted by molar-refractivity contribution is 6.58. The predicted molar refractivity (Wildman–Crippen MR) is 206 cm³/mol. The highest BCUT2D eigenvalue weighted by atomic mass is 35.5. The van der Waals surface area contributed by atoms with Gasteiger partial charge in [-0.3, -0.25) is 14.4 Å². The van der Waals surface area contributed by atoms with Gasteiger partial charge in [-0.05, 0) is 18.6 Å². The minimum Gasteiger partial charge on any atom is -0.504 e. The summed E-state index contributed by atoms with van der Waals surface area (Å²) >= 11 is 14.3. The lowest BCUT2D eigenvalue weighted by Gasteiger charge is -2.49. The van der Waals surface area contributed by atoms with E-state index in [0.717, 1.165) is 13.9 Å². The normalized spacial score (nSPS) is 22.0. The SMILES string of the molecule is CCOc1cccc(C2C3=CCn4c(=O)n(CCc5nc6cc(OC)c(OC)cc6n(C)c5=O)c(=O)n4C3CC3(Cl)C(=O)N(c4c(F)c(F)c(F)c(F)c4F)C(=O)C23Cl)c1O. The molecule has 2 amide bonds. The molecule has 5 aromatic rings. The molecule has 3 aromatic carbocycles. The lowest BCUT2D eigenvalue weighted by Crippen LogP contribution is -2.59. The van der Waals surface area contributed by atoms with Crippen LogP contribution in [0.4, 0.5) is 27.6 Å². The molecule has 0 radical (unpaired) electrons. The summed E-state index contributed by atoms with van der Waals surface area (Å²) in [6.07, 6.45) is 0.287. The summed E-state index contributed by atoms with van der Waals surface area (Å²) in [6.45, 7) is 0.853. The van der Waals surface area contributed by atoms with Crippen LogP contribution in [0.2, 0.25) is 0 Å². The number of phenols is 1. The van der Waals surface area contributed by atoms with Crippen LogP contribution >= 0.6 is 23.2 Å². The first-order chi connectivity index (χ1) is 28.9. The van der Waals surface area contributed by atoms with Crippen LogP contribution in [0, 0.1) is 29.1 Å². The van der Waals surface area contributed by atoms with E-state index in [4.69, 9.17) is 37.4 Å². The fraction of sp³-hybridized carbons (Fsp3) is 0.333. The largest absolute Gasteiger partial charge is 0.504 e. The van der Waals surface area contributed by atoms with Crippen molar-refractivity contribution < 1.29 is 50.9 Å². The number of nitrogens with zero attached hydrogens (tertiary/aromatic N) is 6. The molecule has 8 rings (SSSR count). The first-order valence-electron chi connectivity index (χ1n) is 18.4. The Kier molecular flexibility index (Phi) is 9.88. The van der Waals surface area contributed by atoms with Gasteiger partial charge in [-0.1, -0.05) is 18.2 Å². The Labute approximate surface area is 349 Å². The first kappa shape index (κ1) is 41.6. The smallest absolute Gasteiger partial charge is 0.347 e. The van der Waals surface area contributed by atoms with Crippen molar-refractivity contribution in [2.24, 2.45) is 7.05 Å². The number of carbonyl (C=O) groups is 2. The van der Waals surface area contributed by atoms with E-state index in [0.29, 0.717) is 22.5 Å². The number of aryl methyl sites for hydroxylation is 2. The summed E-state index contributed by atoms with van der Waals surface area (Å²) in [4.78, 5) is 69.2. The Balaban J connectivity index is 1.27. The number of carbonyl (C=O) groups excluding carboxylic acids is 2. The number of aromatic nitrogens is 5. The molecule has 2 aliphatic heterocycles. The number of phenolic OH excluding ortho intramolecular Hbond substituents is 1. The third kappa shape index (κ3) is 5.60. The van der Waals surface area contributed by atoms with Crippen molar-refractivity contribution in [2.45, 2.75) is 54.6 Å². The van der Waals surface area contributed by atoms with E-state index in [9.17, 15) is 42.3 Å². The predicted octanol–water partition coefficient (Wildman–Crippen LogP) is 4.32. The molecular weight excluding hydrogens is 862 g/mol. The Hall–Kier alpha value is -6.15. The zero-order valence-corrected chi connectivity index (χ0v) is 33.7. The van der Waals surface area contributed by atoms with E-state index in [1.807, 2.05) is 0 Å². The van der Waals surface area contributed by atoms with E-state index in [-0.39, 0.29) is 47.1 Å². The summed E-state index contributed by atoms with van der Waals surface area (Å²) in [7, 11) is 4.34. The van der Waals surface area contributed by atoms with Gasteiger partial charge in [0.25, 0.3) is 17.4 Å². The first-order valence-corrected chi connectivity index (χ1v) is 19.1. The molecule has 0 bridgehead atoms. The fourth-order valence-electron chi connectivity index (χ4n) is 8.55. The van der Waals surface area contributed by atoms with Gasteiger partial charge in [0, 0.05) is 50.0 Å². The second-order valence-corrected chi connectivity index (χ2v) is 15.6. The molecule has 15 nitrogen and oxygen atoms in total. The van der Waals surface area contributed by atoms with Crippen LogP contribution in [0.5, 0.6) is 23.0 Å². The minimum absolute atomic E-state index is 0.0179. The zero-order chi connectivity index (χ0) is 44.2. The molecule has 61 heavy (non-hydrogen) atoms. The average molecular weight is 894 g/mol. The van der Waals surface area contributed by atoms with Crippen LogP contribution in [-0.2, 0) is 36.1 Å². The quantitative estimate of drug-likeness (QED) is 0.0562. The van der Waals surface area contributed by atoms with E-state index >= 15 is 8.78 Å². The van der Waals surface area contributed by atoms with Gasteiger partial charge >= 0.3 is 11.4 Å². The van der Waals surface area contributed by atoms with E-state index in [2.05, 4.69) is 4.98 Å². The number of aromatic hydroxyl groups is 1. The van der Waals surface area contributed by atoms with Crippen molar-refractivity contribution in [3.63, 3.8) is 0 Å². The second kappa shape index (κ2) is 14.5. The van der Waals surface area contributed by atoms with Gasteiger partial charge in [0.1, 0.15) is 11.4 Å². The lowest BCUT2D eigenvalue weighted by atomic mass is 9.64. The Morgan fingerprint density at radius 3 is 2.16 bits per heavy atom. The highest BCUT2D eigenvalue weighted by Crippen LogP contribution is 2.65. The van der Waals surface area contributed by atoms with Crippen LogP contribution in [-0.4, -0.2) is 71.0 Å². The number of amides is 2. The Morgan fingerprint density at radius 2 is 1.52 bits per heavy atom. The third-order valence-electron chi connectivity index (χ3n) is 11.4. The minimum atomic E-state index is -2.89. The molecule has 1 saturated heterocycles. The van der Waals surface area contributed by atoms with E-state index in [1.54, 1.807) is 19.1 Å². The number of halogens is 7. The van der Waals surface area contributed by atoms with Gasteiger partial charge in [-0.15, -0.1) is 23.2 Å². The number of methoxy groups -OCH3 is 2. The second-order valence-electron chi connectivity index (χ2n) is 14.4. The maximum absolute atomic E-state index is 15.4. The van der Waals surface area contributed by atoms with Crippen LogP contribution in [0.1, 0.15) is 36.6 Å². The van der Waals surface area contributed by atoms with Crippen LogP contribution in [0.25, 0.3) is 11.0 Å². The summed E-state index contributed by atoms with van der Waals surface area (Å²) < 4.78 is 94.3. The summed E-state index contributed by atoms with van der Waals surface area (Å²) in [5.74, 6) is -17.9. The number of fused-ring (bicyclic) bond motifs is 5. The van der Waals surface area contributed by atoms with Crippen molar-refractivity contribution >= 4 is 51.7 Å². The van der Waals surface area contributed by atoms with E-state index < -0.39 is 104 Å². The molecule has 4 heterocycles. The van der Waals surface area contributed by atoms with Crippen molar-refractivity contribution in [1.29, 1.82) is 0 Å². The zero-order valence-electron chi connectivity index (χ0n) is 32.2. The van der Waals surface area contributed by atoms with Crippen LogP contribution in [0.15, 0.2) is 56.4 Å². The molecule has 2 aromatic heterocycles. The number of allylic oxidation sites excluding steroid dienone is 2. The number of ether oxygens (including phenoxy) is 3. The molecule has 320 valence electrons. The Morgan fingerprint density at radius 1 is 0.885 bits per heavy atom. The van der Waals surface area contributed by atoms with Crippen LogP contribution < -0.4 is 36.0 Å². The molecular formula is C39H31Cl2F5N6O9. The standard InChI is InChI=1S/C39H31Cl2F5N6O9/c1-5-61-22-8-6-7-17(32(22)53)25-16-9-12-50-36(57)49(11-10-18-33(54)48(2)20-14-24(60-4)23(59-3)13-19(20)47-18)37(58)52(50)21(16)15-38(40)34(55)51(35(56)39(25,38)41)31-29(45)27(43)26(42)28(44)30(31)46/h6-9,13-14,21,25,53H,5,10-12,15H2,1-4H3. The van der Waals surface area contributed by atoms with Crippen molar-refractivity contribution in [2.75, 3.05) is 25.7 Å². The maximum atomic E-state index is 15.4. The molecule has 4 atom stereocenters. The number of anilines is 1. The van der Waals surface area contributed by atoms with Gasteiger partial charge in [-0.25, -0.2) is 55.4 Å². The third-order valence-corrected chi connectivity index (χ3v) is 12.8. The monoisotopic (exact) mass is 892 g/mol. The Bertz CT molecular complexity index is 2960. The van der Waals surface area contributed by atoms with Gasteiger partial charge in [-0.2, -0.15) is 0 Å². The number of hydrogen-bond donors (Lipinski definition) is 1. The number of benzene rings is 3. The molecule has 1 saturated carbocycles. The van der Waals surface area contributed by atoms with Gasteiger partial charge in [0.05, 0.1) is 44.4 Å². The number of para-hydroxylation sites is 1. The molecule has 2 fully saturated rings. The average Bonchev–Trinajstić information content (AvgIpc) is 3.57. The molecule has 1 N–H and O–H groups in total. The summed E-state index contributed by atoms with van der Waals surface area (Å²) in [6, 6.07) is 5.63. The number of hydrogen-bond acceptors (Lipinski definition) is 10. The molecule has 4 unspecified atom stereocenters. The van der Waals surface area contributed by atoms with Gasteiger partial charge in [0.15, 0.2) is 56.0 Å². The highest BCUT2D eigenvalue weighted by Gasteiger charge is 2.76. The van der Waals surface area contributed by atoms with Crippen molar-refractivity contribution in [1.82, 2.24) is 23.5 Å². The molecule has 0 spiro atoms. The molecule has 3 aliphatic rings. The van der Waals surface area contributed by atoms with Crippen molar-refractivity contribution in [3.05, 3.63) is 114 Å². The lowest BCUT2D eigenvalue weighted by molar-refractivity contribution is -0.122. The van der Waals surface area contributed by atoms with E-state index in [1.165, 1.54) is 50.1 Å². The van der Waals surface area contributed by atoms with Gasteiger partial charge < -0.3 is 23.9 Å². The molecule has 22 heteroatoms. The number of rotatable bonds is 9. The topological polar surface area (TPSA) is 169 Å². The fourth-order valence-corrected chi connectivity index (χ4v) is 9.45. The van der Waals surface area contributed by atoms with Gasteiger partial charge in [0.2, 0.25) is 5.82 Å². The summed E-state index contributed by atoms with van der Waals surface area (Å²) in [5.41, 5.74) is -3.89. The maximum Gasteiger partial charge on any atom is 0.347 e. The molecule has 1 aliphatic carbocycles. The number of alkyl halides is 2. The number of imide groups is 1. The van der Waals surface area contributed by atoms with Crippen molar-refractivity contribution in [3.8, 4) is 23.0 Å². The summed E-state index contributed by atoms with van der Waals surface area (Å²) in [5, 5.41) is 11.5.